The third-order valence-corrected chi connectivity index (χ3v) is 8.79. The lowest BCUT2D eigenvalue weighted by molar-refractivity contribution is -0.137. The van der Waals surface area contributed by atoms with Gasteiger partial charge in [0, 0.05) is 18.0 Å². The normalized spacial score (nSPS) is 19.2. The molecular weight excluding hydrogens is 506 g/mol. The van der Waals surface area contributed by atoms with E-state index in [1.165, 1.54) is 28.8 Å². The lowest BCUT2D eigenvalue weighted by Gasteiger charge is -2.17. The smallest absolute Gasteiger partial charge is 0.323 e. The summed E-state index contributed by atoms with van der Waals surface area (Å²) in [5.74, 6) is -1.85. The predicted molar refractivity (Wildman–Crippen MR) is 134 cm³/mol. The van der Waals surface area contributed by atoms with Crippen LogP contribution < -0.4 is 19.7 Å². The molecule has 2 aliphatic rings. The zero-order valence-electron chi connectivity index (χ0n) is 17.5. The number of benzene rings is 1. The van der Waals surface area contributed by atoms with Gasteiger partial charge in [-0.15, -0.1) is 11.3 Å². The molecule has 4 rings (SSSR count). The highest BCUT2D eigenvalue weighted by Crippen LogP contribution is 2.45. The van der Waals surface area contributed by atoms with Gasteiger partial charge in [0.05, 0.1) is 15.2 Å². The van der Waals surface area contributed by atoms with Crippen molar-refractivity contribution < 1.29 is 19.1 Å². The SMILES string of the molecule is CCN1C(=O)/C(=c2/s/c(=C/C=C3\Sc4ccc(F)cc4N3CC)c(=O)n2CC(=O)O)SC1=S. The molecule has 1 fully saturated rings. The number of fused-ring (bicyclic) bond motifs is 1. The summed E-state index contributed by atoms with van der Waals surface area (Å²) in [6.45, 7) is 4.17. The first kappa shape index (κ1) is 23.7. The Labute approximate surface area is 205 Å². The van der Waals surface area contributed by atoms with E-state index in [-0.39, 0.29) is 21.3 Å². The highest BCUT2D eigenvalue weighted by atomic mass is 32.2. The summed E-state index contributed by atoms with van der Waals surface area (Å²) in [5.41, 5.74) is 0.264. The Bertz CT molecular complexity index is 1400. The molecule has 12 heteroatoms. The van der Waals surface area contributed by atoms with Gasteiger partial charge in [0.15, 0.2) is 0 Å². The second-order valence-electron chi connectivity index (χ2n) is 6.93. The van der Waals surface area contributed by atoms with Crippen molar-refractivity contribution in [3.63, 3.8) is 0 Å². The number of hydrogen-bond donors (Lipinski definition) is 1. The second kappa shape index (κ2) is 9.45. The number of halogens is 1. The number of hydrogen-bond acceptors (Lipinski definition) is 8. The molecule has 1 saturated heterocycles. The maximum Gasteiger partial charge on any atom is 0.323 e. The standard InChI is InChI=1S/C21H18FN3O4S4/c1-3-23-12-9-11(22)5-6-13(12)31-15(23)8-7-14-18(28)25(10-16(26)27)20(32-14)17-19(29)24(4-2)21(30)33-17/h5-9H,3-4,10H2,1-2H3,(H,26,27)/b14-7+,15-8-,20-17-. The average Bonchev–Trinajstić information content (AvgIpc) is 3.37. The first-order chi connectivity index (χ1) is 15.7. The van der Waals surface area contributed by atoms with E-state index in [0.29, 0.717) is 21.9 Å². The quantitative estimate of drug-likeness (QED) is 0.599. The number of allylic oxidation sites excluding steroid dienone is 1. The van der Waals surface area contributed by atoms with Crippen LogP contribution in [0.1, 0.15) is 13.8 Å². The van der Waals surface area contributed by atoms with Crippen LogP contribution in [0.3, 0.4) is 0 Å². The number of carboxylic acid groups (broad SMARTS) is 1. The molecule has 1 aromatic carbocycles. The predicted octanol–water partition coefficient (Wildman–Crippen LogP) is 2.38. The van der Waals surface area contributed by atoms with Crippen LogP contribution in [0.5, 0.6) is 0 Å². The number of carbonyl (C=O) groups excluding carboxylic acids is 1. The van der Waals surface area contributed by atoms with E-state index in [2.05, 4.69) is 0 Å². The fourth-order valence-corrected chi connectivity index (χ4v) is 7.14. The number of carboxylic acids is 1. The van der Waals surface area contributed by atoms with Crippen LogP contribution in [0, 0.1) is 5.82 Å². The number of thioether (sulfide) groups is 2. The molecule has 2 aromatic rings. The van der Waals surface area contributed by atoms with E-state index in [1.54, 1.807) is 25.1 Å². The minimum Gasteiger partial charge on any atom is -0.480 e. The molecule has 0 radical (unpaired) electrons. The van der Waals surface area contributed by atoms with Crippen LogP contribution in [0.2, 0.25) is 0 Å². The number of anilines is 1. The summed E-state index contributed by atoms with van der Waals surface area (Å²) < 4.78 is 15.8. The molecule has 172 valence electrons. The molecule has 1 N–H and O–H groups in total. The Kier molecular flexibility index (Phi) is 6.80. The Morgan fingerprint density at radius 1 is 1.15 bits per heavy atom. The highest BCUT2D eigenvalue weighted by molar-refractivity contribution is 8.30. The molecule has 7 nitrogen and oxygen atoms in total. The summed E-state index contributed by atoms with van der Waals surface area (Å²) in [4.78, 5) is 41.7. The van der Waals surface area contributed by atoms with Crippen molar-refractivity contribution in [3.8, 4) is 0 Å². The van der Waals surface area contributed by atoms with E-state index < -0.39 is 18.1 Å². The fourth-order valence-electron chi connectivity index (χ4n) is 3.45. The Morgan fingerprint density at radius 2 is 1.88 bits per heavy atom. The topological polar surface area (TPSA) is 82.9 Å². The molecule has 1 amide bonds. The molecule has 0 unspecified atom stereocenters. The number of aromatic nitrogens is 1. The van der Waals surface area contributed by atoms with Crippen molar-refractivity contribution in [3.05, 3.63) is 54.7 Å². The highest BCUT2D eigenvalue weighted by Gasteiger charge is 2.33. The molecule has 0 atom stereocenters. The van der Waals surface area contributed by atoms with Crippen LogP contribution in [0.4, 0.5) is 10.1 Å². The van der Waals surface area contributed by atoms with Gasteiger partial charge in [0.2, 0.25) is 0 Å². The number of thiazole rings is 1. The summed E-state index contributed by atoms with van der Waals surface area (Å²) in [5, 5.41) is 10.1. The molecule has 1 aromatic heterocycles. The molecule has 2 aliphatic heterocycles. The first-order valence-electron chi connectivity index (χ1n) is 9.91. The Hall–Kier alpha value is -2.41. The zero-order chi connectivity index (χ0) is 23.9. The van der Waals surface area contributed by atoms with Crippen molar-refractivity contribution in [1.82, 2.24) is 9.47 Å². The van der Waals surface area contributed by atoms with Crippen molar-refractivity contribution in [2.45, 2.75) is 25.3 Å². The van der Waals surface area contributed by atoms with Gasteiger partial charge in [-0.1, -0.05) is 35.7 Å². The van der Waals surface area contributed by atoms with E-state index in [1.807, 2.05) is 11.8 Å². The number of amides is 1. The monoisotopic (exact) mass is 523 g/mol. The van der Waals surface area contributed by atoms with Gasteiger partial charge < -0.3 is 10.0 Å². The summed E-state index contributed by atoms with van der Waals surface area (Å²) in [7, 11) is 0. The molecule has 0 spiro atoms. The molecule has 0 aliphatic carbocycles. The maximum atomic E-state index is 13.7. The van der Waals surface area contributed by atoms with Crippen LogP contribution in [-0.2, 0) is 16.1 Å². The summed E-state index contributed by atoms with van der Waals surface area (Å²) in [6.07, 6.45) is 3.37. The fraction of sp³-hybridized carbons (Fsp3) is 0.238. The number of rotatable bonds is 5. The van der Waals surface area contributed by atoms with Gasteiger partial charge in [-0.05, 0) is 44.2 Å². The minimum atomic E-state index is -1.19. The molecular formula is C21H18FN3O4S4. The molecule has 0 bridgehead atoms. The second-order valence-corrected chi connectivity index (χ2v) is 10.7. The van der Waals surface area contributed by atoms with E-state index >= 15 is 0 Å². The maximum absolute atomic E-state index is 13.7. The Morgan fingerprint density at radius 3 is 2.52 bits per heavy atom. The van der Waals surface area contributed by atoms with Crippen LogP contribution in [-0.4, -0.2) is 43.9 Å². The van der Waals surface area contributed by atoms with Gasteiger partial charge in [0.1, 0.15) is 26.3 Å². The van der Waals surface area contributed by atoms with Crippen molar-refractivity contribution in [1.29, 1.82) is 0 Å². The van der Waals surface area contributed by atoms with Gasteiger partial charge in [-0.25, -0.2) is 4.39 Å². The third-order valence-electron chi connectivity index (χ3n) is 4.95. The van der Waals surface area contributed by atoms with E-state index in [9.17, 15) is 23.9 Å². The van der Waals surface area contributed by atoms with Gasteiger partial charge >= 0.3 is 5.97 Å². The number of thiocarbonyl (C=S) groups is 1. The van der Waals surface area contributed by atoms with Crippen molar-refractivity contribution >= 4 is 79.9 Å². The van der Waals surface area contributed by atoms with Crippen molar-refractivity contribution in [2.75, 3.05) is 18.0 Å². The van der Waals surface area contributed by atoms with Crippen molar-refractivity contribution in [2.24, 2.45) is 0 Å². The molecule has 33 heavy (non-hydrogen) atoms. The number of nitrogens with zero attached hydrogens (tertiary/aromatic N) is 3. The van der Waals surface area contributed by atoms with Gasteiger partial charge in [-0.3, -0.25) is 23.9 Å². The largest absolute Gasteiger partial charge is 0.480 e. The lowest BCUT2D eigenvalue weighted by Crippen LogP contribution is -2.35. The Balaban J connectivity index is 1.84. The average molecular weight is 524 g/mol. The summed E-state index contributed by atoms with van der Waals surface area (Å²) in [6, 6.07) is 4.58. The zero-order valence-corrected chi connectivity index (χ0v) is 20.8. The van der Waals surface area contributed by atoms with Crippen LogP contribution in [0.15, 0.2) is 39.0 Å². The van der Waals surface area contributed by atoms with E-state index in [0.717, 1.165) is 43.3 Å². The minimum absolute atomic E-state index is 0.255. The lowest BCUT2D eigenvalue weighted by atomic mass is 10.3. The van der Waals surface area contributed by atoms with Crippen LogP contribution in [0.25, 0.3) is 11.0 Å². The van der Waals surface area contributed by atoms with Gasteiger partial charge in [0.25, 0.3) is 11.5 Å². The number of carbonyl (C=O) groups is 2. The molecule has 3 heterocycles. The van der Waals surface area contributed by atoms with Gasteiger partial charge in [-0.2, -0.15) is 0 Å². The van der Waals surface area contributed by atoms with E-state index in [4.69, 9.17) is 12.2 Å². The third kappa shape index (κ3) is 4.39. The van der Waals surface area contributed by atoms with Crippen LogP contribution >= 0.6 is 47.1 Å². The first-order valence-corrected chi connectivity index (χ1v) is 12.8. The number of aliphatic carboxylic acids is 1. The summed E-state index contributed by atoms with van der Waals surface area (Å²) >= 11 is 8.84. The molecule has 0 saturated carbocycles.